The molecule has 1 aliphatic heterocycles. The van der Waals surface area contributed by atoms with E-state index in [0.29, 0.717) is 23.8 Å². The van der Waals surface area contributed by atoms with E-state index < -0.39 is 0 Å². The molecule has 0 aromatic heterocycles. The second kappa shape index (κ2) is 6.74. The van der Waals surface area contributed by atoms with Crippen LogP contribution >= 0.6 is 0 Å². The number of nitrogens with one attached hydrogen (secondary N) is 1. The molecule has 1 heterocycles. The van der Waals surface area contributed by atoms with Gasteiger partial charge >= 0.3 is 0 Å². The van der Waals surface area contributed by atoms with Gasteiger partial charge in [-0.05, 0) is 50.9 Å². The van der Waals surface area contributed by atoms with E-state index in [2.05, 4.69) is 24.1 Å². The third kappa shape index (κ3) is 3.71. The Hall–Kier alpha value is -0.570. The molecular formula is C16H30N2O. The highest BCUT2D eigenvalue weighted by Crippen LogP contribution is 2.29. The summed E-state index contributed by atoms with van der Waals surface area (Å²) in [6, 6.07) is 0.489. The molecule has 0 spiro atoms. The number of nitrogens with zero attached hydrogens (tertiary/aromatic N) is 1. The first-order chi connectivity index (χ1) is 9.09. The minimum Gasteiger partial charge on any atom is -0.341 e. The maximum atomic E-state index is 12.4. The fraction of sp³-hybridized carbons (Fsp3) is 0.938. The Morgan fingerprint density at radius 2 is 1.63 bits per heavy atom. The van der Waals surface area contributed by atoms with Crippen LogP contribution in [0.2, 0.25) is 0 Å². The summed E-state index contributed by atoms with van der Waals surface area (Å²) in [6.45, 7) is 8.61. The van der Waals surface area contributed by atoms with E-state index in [0.717, 1.165) is 13.1 Å². The van der Waals surface area contributed by atoms with Crippen LogP contribution in [0.15, 0.2) is 0 Å². The zero-order valence-electron chi connectivity index (χ0n) is 12.8. The first-order valence-electron chi connectivity index (χ1n) is 8.14. The molecule has 0 radical (unpaired) electrons. The monoisotopic (exact) mass is 266 g/mol. The fourth-order valence-electron chi connectivity index (χ4n) is 3.76. The van der Waals surface area contributed by atoms with Gasteiger partial charge in [-0.15, -0.1) is 0 Å². The van der Waals surface area contributed by atoms with Gasteiger partial charge in [-0.3, -0.25) is 4.79 Å². The Morgan fingerprint density at radius 3 is 2.21 bits per heavy atom. The van der Waals surface area contributed by atoms with Crippen molar-refractivity contribution < 1.29 is 4.79 Å². The van der Waals surface area contributed by atoms with Crippen molar-refractivity contribution >= 4 is 5.91 Å². The van der Waals surface area contributed by atoms with Gasteiger partial charge in [0.25, 0.3) is 0 Å². The minimum atomic E-state index is -0.0221. The van der Waals surface area contributed by atoms with E-state index in [4.69, 9.17) is 0 Å². The second-order valence-corrected chi connectivity index (χ2v) is 6.69. The molecule has 0 aromatic carbocycles. The van der Waals surface area contributed by atoms with Crippen LogP contribution < -0.4 is 5.32 Å². The van der Waals surface area contributed by atoms with E-state index in [9.17, 15) is 4.79 Å². The number of hydrogen-bond acceptors (Lipinski definition) is 2. The van der Waals surface area contributed by atoms with Crippen LogP contribution in [0, 0.1) is 11.8 Å². The molecule has 1 saturated heterocycles. The summed E-state index contributed by atoms with van der Waals surface area (Å²) in [6.07, 6.45) is 7.57. The lowest BCUT2D eigenvalue weighted by molar-refractivity contribution is -0.134. The van der Waals surface area contributed by atoms with E-state index in [-0.39, 0.29) is 6.04 Å². The molecule has 0 aromatic rings. The van der Waals surface area contributed by atoms with Crippen molar-refractivity contribution in [3.63, 3.8) is 0 Å². The van der Waals surface area contributed by atoms with Gasteiger partial charge in [0.05, 0.1) is 6.04 Å². The van der Waals surface area contributed by atoms with Crippen molar-refractivity contribution in [2.24, 2.45) is 11.8 Å². The number of carbonyl (C=O) groups excluding carboxylic acids is 1. The van der Waals surface area contributed by atoms with Gasteiger partial charge in [0.15, 0.2) is 0 Å². The van der Waals surface area contributed by atoms with Crippen LogP contribution in [0.4, 0.5) is 0 Å². The first kappa shape index (κ1) is 14.8. The average Bonchev–Trinajstić information content (AvgIpc) is 2.43. The van der Waals surface area contributed by atoms with Crippen LogP contribution in [-0.2, 0) is 4.79 Å². The molecule has 1 aliphatic carbocycles. The fourth-order valence-corrected chi connectivity index (χ4v) is 3.76. The maximum Gasteiger partial charge on any atom is 0.239 e. The molecule has 3 heteroatoms. The van der Waals surface area contributed by atoms with Gasteiger partial charge in [0.1, 0.15) is 0 Å². The molecule has 3 nitrogen and oxygen atoms in total. The molecule has 110 valence electrons. The number of carbonyl (C=O) groups is 1. The second-order valence-electron chi connectivity index (χ2n) is 6.69. The molecule has 19 heavy (non-hydrogen) atoms. The Bertz CT molecular complexity index is 289. The third-order valence-electron chi connectivity index (χ3n) is 5.03. The number of piperidine rings is 1. The van der Waals surface area contributed by atoms with Crippen molar-refractivity contribution in [3.05, 3.63) is 0 Å². The first-order valence-corrected chi connectivity index (χ1v) is 8.14. The maximum absolute atomic E-state index is 12.4. The molecule has 1 amide bonds. The van der Waals surface area contributed by atoms with Gasteiger partial charge in [-0.1, -0.05) is 20.3 Å². The quantitative estimate of drug-likeness (QED) is 0.852. The number of likely N-dealkylation sites (tertiary alicyclic amines) is 1. The average molecular weight is 266 g/mol. The van der Waals surface area contributed by atoms with Crippen LogP contribution in [0.5, 0.6) is 0 Å². The van der Waals surface area contributed by atoms with Crippen LogP contribution in [0.3, 0.4) is 0 Å². The minimum absolute atomic E-state index is 0.0221. The highest BCUT2D eigenvalue weighted by molar-refractivity contribution is 5.81. The smallest absolute Gasteiger partial charge is 0.239 e. The standard InChI is InChI=1S/C16H30N2O/c1-12-8-7-9-13(2)15(12)17-14(3)16(19)18-10-5-4-6-11-18/h12-15,17H,4-11H2,1-3H3. The zero-order valence-corrected chi connectivity index (χ0v) is 12.8. The van der Waals surface area contributed by atoms with E-state index >= 15 is 0 Å². The van der Waals surface area contributed by atoms with Gasteiger partial charge in [-0.2, -0.15) is 0 Å². The predicted molar refractivity (Wildman–Crippen MR) is 79.0 cm³/mol. The van der Waals surface area contributed by atoms with E-state index in [1.165, 1.54) is 38.5 Å². The summed E-state index contributed by atoms with van der Waals surface area (Å²) in [7, 11) is 0. The lowest BCUT2D eigenvalue weighted by atomic mass is 9.78. The molecule has 3 atom stereocenters. The number of hydrogen-bond donors (Lipinski definition) is 1. The number of amides is 1. The van der Waals surface area contributed by atoms with Crippen molar-refractivity contribution in [3.8, 4) is 0 Å². The summed E-state index contributed by atoms with van der Waals surface area (Å²) in [5.41, 5.74) is 0. The van der Waals surface area contributed by atoms with Crippen molar-refractivity contribution in [1.82, 2.24) is 10.2 Å². The van der Waals surface area contributed by atoms with E-state index in [1.807, 2.05) is 6.92 Å². The molecule has 2 rings (SSSR count). The highest BCUT2D eigenvalue weighted by Gasteiger charge is 2.31. The SMILES string of the molecule is CC(NC1C(C)CCCC1C)C(=O)N1CCCCC1. The van der Waals surface area contributed by atoms with Crippen molar-refractivity contribution in [1.29, 1.82) is 0 Å². The zero-order chi connectivity index (χ0) is 13.8. The Kier molecular flexibility index (Phi) is 5.26. The molecule has 1 saturated carbocycles. The van der Waals surface area contributed by atoms with Crippen LogP contribution in [0.25, 0.3) is 0 Å². The molecule has 2 fully saturated rings. The molecule has 3 unspecified atom stereocenters. The molecular weight excluding hydrogens is 236 g/mol. The van der Waals surface area contributed by atoms with E-state index in [1.54, 1.807) is 0 Å². The Morgan fingerprint density at radius 1 is 1.05 bits per heavy atom. The van der Waals surface area contributed by atoms with Crippen molar-refractivity contribution in [2.45, 2.75) is 71.4 Å². The predicted octanol–water partition coefficient (Wildman–Crippen LogP) is 2.80. The molecule has 0 bridgehead atoms. The largest absolute Gasteiger partial charge is 0.341 e. The summed E-state index contributed by atoms with van der Waals surface area (Å²) >= 11 is 0. The lowest BCUT2D eigenvalue weighted by Crippen LogP contribution is -2.53. The Labute approximate surface area is 118 Å². The van der Waals surface area contributed by atoms with Crippen molar-refractivity contribution in [2.75, 3.05) is 13.1 Å². The summed E-state index contributed by atoms with van der Waals surface area (Å²) in [4.78, 5) is 14.5. The summed E-state index contributed by atoms with van der Waals surface area (Å²) in [5, 5.41) is 3.62. The van der Waals surface area contributed by atoms with Gasteiger partial charge in [0.2, 0.25) is 5.91 Å². The van der Waals surface area contributed by atoms with Gasteiger partial charge in [0, 0.05) is 19.1 Å². The normalized spacial score (nSPS) is 34.1. The molecule has 1 N–H and O–H groups in total. The van der Waals surface area contributed by atoms with Crippen LogP contribution in [0.1, 0.15) is 59.3 Å². The lowest BCUT2D eigenvalue weighted by Gasteiger charge is -2.38. The topological polar surface area (TPSA) is 32.3 Å². The van der Waals surface area contributed by atoms with Crippen LogP contribution in [-0.4, -0.2) is 36.0 Å². The number of rotatable bonds is 3. The third-order valence-corrected chi connectivity index (χ3v) is 5.03. The Balaban J connectivity index is 1.88. The highest BCUT2D eigenvalue weighted by atomic mass is 16.2. The molecule has 2 aliphatic rings. The van der Waals surface area contributed by atoms with Gasteiger partial charge in [-0.25, -0.2) is 0 Å². The summed E-state index contributed by atoms with van der Waals surface area (Å²) in [5.74, 6) is 1.70. The summed E-state index contributed by atoms with van der Waals surface area (Å²) < 4.78 is 0. The van der Waals surface area contributed by atoms with Gasteiger partial charge < -0.3 is 10.2 Å².